The van der Waals surface area contributed by atoms with Crippen LogP contribution < -0.4 is 4.74 Å². The van der Waals surface area contributed by atoms with Crippen molar-refractivity contribution in [3.05, 3.63) is 58.7 Å². The summed E-state index contributed by atoms with van der Waals surface area (Å²) in [5.74, 6) is -1.73. The van der Waals surface area contributed by atoms with Crippen molar-refractivity contribution in [1.29, 1.82) is 0 Å². The molecule has 5 nitrogen and oxygen atoms in total. The molecule has 1 aliphatic carbocycles. The lowest BCUT2D eigenvalue weighted by Gasteiger charge is -2.19. The number of alkyl halides is 1. The maximum absolute atomic E-state index is 12.6. The fourth-order valence-corrected chi connectivity index (χ4v) is 2.75. The van der Waals surface area contributed by atoms with E-state index in [1.165, 1.54) is 18.2 Å². The number of rotatable bonds is 4. The topological polar surface area (TPSA) is 80.7 Å². The first kappa shape index (κ1) is 16.2. The number of carbonyl (C=O) groups is 3. The fraction of sp³-hybridized carbons (Fsp3) is 0.167. The number of benzene rings is 2. The third-order valence-corrected chi connectivity index (χ3v) is 4.03. The summed E-state index contributed by atoms with van der Waals surface area (Å²) in [5, 5.41) is 10.3. The van der Waals surface area contributed by atoms with Crippen LogP contribution in [0, 0.1) is 0 Å². The molecule has 0 atom stereocenters. The predicted octanol–water partition coefficient (Wildman–Crippen LogP) is 3.09. The van der Waals surface area contributed by atoms with Gasteiger partial charge in [0.05, 0.1) is 5.56 Å². The van der Waals surface area contributed by atoms with Gasteiger partial charge in [-0.15, -0.1) is 11.6 Å². The highest BCUT2D eigenvalue weighted by Crippen LogP contribution is 2.38. The van der Waals surface area contributed by atoms with E-state index in [1.54, 1.807) is 18.2 Å². The molecule has 0 bridgehead atoms. The van der Waals surface area contributed by atoms with E-state index in [4.69, 9.17) is 16.3 Å². The van der Waals surface area contributed by atoms with Gasteiger partial charge in [0.1, 0.15) is 0 Å². The molecule has 2 aromatic rings. The molecular formula is C18H13ClO5. The van der Waals surface area contributed by atoms with Crippen molar-refractivity contribution in [2.45, 2.75) is 12.8 Å². The molecule has 0 spiro atoms. The van der Waals surface area contributed by atoms with Crippen LogP contribution >= 0.6 is 11.6 Å². The van der Waals surface area contributed by atoms with Gasteiger partial charge in [0, 0.05) is 29.0 Å². The smallest absolute Gasteiger partial charge is 0.311 e. The molecule has 3 rings (SSSR count). The highest BCUT2D eigenvalue weighted by atomic mass is 35.5. The van der Waals surface area contributed by atoms with Gasteiger partial charge in [-0.3, -0.25) is 14.4 Å². The lowest BCUT2D eigenvalue weighted by atomic mass is 9.83. The quantitative estimate of drug-likeness (QED) is 0.447. The Kier molecular flexibility index (Phi) is 4.36. The zero-order valence-electron chi connectivity index (χ0n) is 12.5. The van der Waals surface area contributed by atoms with Crippen LogP contribution in [0.5, 0.6) is 11.5 Å². The summed E-state index contributed by atoms with van der Waals surface area (Å²) in [6, 6.07) is 9.10. The number of ether oxygens (including phenoxy) is 1. The van der Waals surface area contributed by atoms with Gasteiger partial charge >= 0.3 is 5.97 Å². The molecule has 1 aliphatic rings. The van der Waals surface area contributed by atoms with Crippen LogP contribution in [-0.2, 0) is 4.79 Å². The lowest BCUT2D eigenvalue weighted by Crippen LogP contribution is -2.21. The Balaban J connectivity index is 2.01. The van der Waals surface area contributed by atoms with E-state index in [9.17, 15) is 19.5 Å². The van der Waals surface area contributed by atoms with Gasteiger partial charge in [0.25, 0.3) is 0 Å². The van der Waals surface area contributed by atoms with Gasteiger partial charge in [-0.25, -0.2) is 0 Å². The van der Waals surface area contributed by atoms with Gasteiger partial charge in [0.2, 0.25) is 0 Å². The molecule has 0 aromatic heterocycles. The summed E-state index contributed by atoms with van der Waals surface area (Å²) in [7, 11) is 0. The minimum Gasteiger partial charge on any atom is -0.504 e. The Hall–Kier alpha value is -2.66. The maximum Gasteiger partial charge on any atom is 0.311 e. The monoisotopic (exact) mass is 344 g/mol. The van der Waals surface area contributed by atoms with Gasteiger partial charge in [-0.1, -0.05) is 24.3 Å². The number of phenolic OH excluding ortho intramolecular Hbond substituents is 1. The summed E-state index contributed by atoms with van der Waals surface area (Å²) in [4.78, 5) is 36.8. The number of halogens is 1. The molecule has 0 unspecified atom stereocenters. The first-order valence-corrected chi connectivity index (χ1v) is 7.89. The van der Waals surface area contributed by atoms with Crippen LogP contribution in [-0.4, -0.2) is 28.5 Å². The van der Waals surface area contributed by atoms with Crippen LogP contribution in [0.3, 0.4) is 0 Å². The van der Waals surface area contributed by atoms with E-state index >= 15 is 0 Å². The normalized spacial score (nSPS) is 12.5. The number of carbonyl (C=O) groups excluding carboxylic acids is 3. The van der Waals surface area contributed by atoms with Crippen molar-refractivity contribution in [1.82, 2.24) is 0 Å². The van der Waals surface area contributed by atoms with Crippen LogP contribution in [0.2, 0.25) is 0 Å². The summed E-state index contributed by atoms with van der Waals surface area (Å²) in [6.45, 7) is 0. The lowest BCUT2D eigenvalue weighted by molar-refractivity contribution is -0.134. The van der Waals surface area contributed by atoms with E-state index < -0.39 is 17.5 Å². The molecule has 0 amide bonds. The Morgan fingerprint density at radius 2 is 1.67 bits per heavy atom. The molecule has 6 heteroatoms. The molecule has 1 N–H and O–H groups in total. The summed E-state index contributed by atoms with van der Waals surface area (Å²) in [6.07, 6.45) is 0.534. The van der Waals surface area contributed by atoms with E-state index in [-0.39, 0.29) is 34.6 Å². The van der Waals surface area contributed by atoms with Crippen molar-refractivity contribution in [2.75, 3.05) is 5.88 Å². The first-order chi connectivity index (χ1) is 11.5. The third-order valence-electron chi connectivity index (χ3n) is 3.77. The third kappa shape index (κ3) is 2.67. The second-order valence-electron chi connectivity index (χ2n) is 5.31. The SMILES string of the molecule is O=C(CCCCl)Oc1ccc2c(c1O)C(=O)c1ccccc1C2=O. The molecule has 2 aromatic carbocycles. The van der Waals surface area contributed by atoms with Crippen LogP contribution in [0.4, 0.5) is 0 Å². The second kappa shape index (κ2) is 6.45. The summed E-state index contributed by atoms with van der Waals surface area (Å²) in [5.41, 5.74) is 0.468. The van der Waals surface area contributed by atoms with Gasteiger partial charge < -0.3 is 9.84 Å². The Labute approximate surface area is 142 Å². The summed E-state index contributed by atoms with van der Waals surface area (Å²) >= 11 is 5.52. The molecule has 0 heterocycles. The number of phenols is 1. The van der Waals surface area contributed by atoms with Crippen molar-refractivity contribution < 1.29 is 24.2 Å². The summed E-state index contributed by atoms with van der Waals surface area (Å²) < 4.78 is 5.07. The van der Waals surface area contributed by atoms with Gasteiger partial charge in [-0.05, 0) is 18.6 Å². The zero-order chi connectivity index (χ0) is 17.3. The standard InChI is InChI=1S/C18H13ClO5/c19-9-3-6-14(20)24-13-8-7-12-15(18(13)23)17(22)11-5-2-1-4-10(11)16(12)21/h1-2,4-5,7-8,23H,3,6,9H2. The minimum atomic E-state index is -0.569. The molecule has 0 radical (unpaired) electrons. The number of hydrogen-bond donors (Lipinski definition) is 1. The molecule has 0 saturated carbocycles. The number of fused-ring (bicyclic) bond motifs is 2. The first-order valence-electron chi connectivity index (χ1n) is 7.35. The van der Waals surface area contributed by atoms with Crippen molar-refractivity contribution in [3.63, 3.8) is 0 Å². The van der Waals surface area contributed by atoms with Crippen molar-refractivity contribution >= 4 is 29.1 Å². The number of ketones is 2. The molecule has 122 valence electrons. The average Bonchev–Trinajstić information content (AvgIpc) is 2.59. The molecule has 24 heavy (non-hydrogen) atoms. The van der Waals surface area contributed by atoms with Crippen LogP contribution in [0.25, 0.3) is 0 Å². The second-order valence-corrected chi connectivity index (χ2v) is 5.68. The molecule has 0 fully saturated rings. The Morgan fingerprint density at radius 3 is 2.33 bits per heavy atom. The van der Waals surface area contributed by atoms with Crippen molar-refractivity contribution in [2.24, 2.45) is 0 Å². The average molecular weight is 345 g/mol. The van der Waals surface area contributed by atoms with Crippen LogP contribution in [0.1, 0.15) is 44.7 Å². The molecule has 0 aliphatic heterocycles. The largest absolute Gasteiger partial charge is 0.504 e. The zero-order valence-corrected chi connectivity index (χ0v) is 13.3. The van der Waals surface area contributed by atoms with E-state index in [0.29, 0.717) is 17.9 Å². The number of esters is 1. The fourth-order valence-electron chi connectivity index (χ4n) is 2.62. The van der Waals surface area contributed by atoms with E-state index in [0.717, 1.165) is 0 Å². The predicted molar refractivity (Wildman–Crippen MR) is 87.0 cm³/mol. The number of aromatic hydroxyl groups is 1. The highest BCUT2D eigenvalue weighted by Gasteiger charge is 2.33. The molecule has 0 saturated heterocycles. The highest BCUT2D eigenvalue weighted by molar-refractivity contribution is 6.29. The molecular weight excluding hydrogens is 332 g/mol. The van der Waals surface area contributed by atoms with Gasteiger partial charge in [0.15, 0.2) is 23.1 Å². The van der Waals surface area contributed by atoms with E-state index in [2.05, 4.69) is 0 Å². The van der Waals surface area contributed by atoms with Gasteiger partial charge in [-0.2, -0.15) is 0 Å². The van der Waals surface area contributed by atoms with Crippen LogP contribution in [0.15, 0.2) is 36.4 Å². The number of hydrogen-bond acceptors (Lipinski definition) is 5. The minimum absolute atomic E-state index is 0.0930. The Morgan fingerprint density at radius 1 is 1.00 bits per heavy atom. The van der Waals surface area contributed by atoms with Crippen molar-refractivity contribution in [3.8, 4) is 11.5 Å². The van der Waals surface area contributed by atoms with E-state index in [1.807, 2.05) is 0 Å². The Bertz CT molecular complexity index is 856. The maximum atomic E-state index is 12.6.